The Morgan fingerprint density at radius 3 is 2.71 bits per heavy atom. The summed E-state index contributed by atoms with van der Waals surface area (Å²) < 4.78 is 12.2. The van der Waals surface area contributed by atoms with Crippen molar-refractivity contribution >= 4 is 44.2 Å². The molecule has 0 bridgehead atoms. The third-order valence-electron chi connectivity index (χ3n) is 5.89. The first-order valence-electron chi connectivity index (χ1n) is 12.0. The van der Waals surface area contributed by atoms with Gasteiger partial charge in [0.25, 0.3) is 5.91 Å². The second-order valence-electron chi connectivity index (χ2n) is 8.45. The van der Waals surface area contributed by atoms with Crippen LogP contribution in [0, 0.1) is 0 Å². The summed E-state index contributed by atoms with van der Waals surface area (Å²) in [4.78, 5) is 22.5. The molecule has 2 aromatic carbocycles. The Hall–Kier alpha value is -2.19. The summed E-state index contributed by atoms with van der Waals surface area (Å²) in [5, 5.41) is 1.37. The Morgan fingerprint density at radius 1 is 1.15 bits per heavy atom. The smallest absolute Gasteiger partial charge is 0.260 e. The van der Waals surface area contributed by atoms with Crippen molar-refractivity contribution in [2.45, 2.75) is 32.6 Å². The van der Waals surface area contributed by atoms with Gasteiger partial charge in [-0.15, -0.1) is 0 Å². The second kappa shape index (κ2) is 12.5. The van der Waals surface area contributed by atoms with Gasteiger partial charge < -0.3 is 9.47 Å². The summed E-state index contributed by atoms with van der Waals surface area (Å²) in [5.74, 6) is 0.741. The van der Waals surface area contributed by atoms with Gasteiger partial charge in [0.15, 0.2) is 5.13 Å². The van der Waals surface area contributed by atoms with Crippen molar-refractivity contribution in [1.82, 2.24) is 9.88 Å². The fourth-order valence-corrected chi connectivity index (χ4v) is 5.22. The minimum atomic E-state index is -0.0512. The van der Waals surface area contributed by atoms with Crippen LogP contribution in [0.15, 0.2) is 42.5 Å². The molecule has 0 aliphatic carbocycles. The highest BCUT2D eigenvalue weighted by atomic mass is 35.5. The Kier molecular flexibility index (Phi) is 9.16. The fourth-order valence-electron chi connectivity index (χ4n) is 3.95. The molecule has 1 aliphatic heterocycles. The van der Waals surface area contributed by atoms with Crippen LogP contribution in [0.2, 0.25) is 5.02 Å². The number of unbranched alkanes of at least 4 members (excludes halogenated alkanes) is 2. The van der Waals surface area contributed by atoms with Gasteiger partial charge in [-0.25, -0.2) is 4.98 Å². The van der Waals surface area contributed by atoms with Crippen LogP contribution in [0.25, 0.3) is 10.2 Å². The second-order valence-corrected chi connectivity index (χ2v) is 9.90. The van der Waals surface area contributed by atoms with E-state index in [9.17, 15) is 4.79 Å². The molecule has 1 fully saturated rings. The zero-order valence-electron chi connectivity index (χ0n) is 19.7. The highest BCUT2D eigenvalue weighted by Crippen LogP contribution is 2.32. The number of thiazole rings is 1. The largest absolute Gasteiger partial charge is 0.494 e. The lowest BCUT2D eigenvalue weighted by Gasteiger charge is -2.27. The van der Waals surface area contributed by atoms with Gasteiger partial charge in [0.05, 0.1) is 30.0 Å². The SMILES string of the molecule is CCCCCOc1ccc(C(=O)N(CCCN2CCOCC2)c2nc3ccc(Cl)cc3s2)cc1. The van der Waals surface area contributed by atoms with E-state index < -0.39 is 0 Å². The van der Waals surface area contributed by atoms with Crippen LogP contribution >= 0.6 is 22.9 Å². The van der Waals surface area contributed by atoms with Crippen molar-refractivity contribution < 1.29 is 14.3 Å². The minimum Gasteiger partial charge on any atom is -0.494 e. The average Bonchev–Trinajstić information content (AvgIpc) is 3.28. The van der Waals surface area contributed by atoms with E-state index in [0.29, 0.717) is 28.9 Å². The molecule has 182 valence electrons. The van der Waals surface area contributed by atoms with Gasteiger partial charge in [0.1, 0.15) is 5.75 Å². The van der Waals surface area contributed by atoms with Gasteiger partial charge in [0, 0.05) is 36.8 Å². The Labute approximate surface area is 210 Å². The number of rotatable bonds is 11. The topological polar surface area (TPSA) is 54.9 Å². The predicted octanol–water partition coefficient (Wildman–Crippen LogP) is 5.89. The molecule has 0 radical (unpaired) electrons. The molecular formula is C26H32ClN3O3S. The summed E-state index contributed by atoms with van der Waals surface area (Å²) >= 11 is 7.67. The minimum absolute atomic E-state index is 0.0512. The van der Waals surface area contributed by atoms with Crippen LogP contribution in [-0.2, 0) is 4.74 Å². The molecular weight excluding hydrogens is 470 g/mol. The molecule has 0 N–H and O–H groups in total. The van der Waals surface area contributed by atoms with Crippen molar-refractivity contribution in [2.75, 3.05) is 50.9 Å². The predicted molar refractivity (Wildman–Crippen MR) is 140 cm³/mol. The Bertz CT molecular complexity index is 1070. The Morgan fingerprint density at radius 2 is 1.94 bits per heavy atom. The first-order chi connectivity index (χ1) is 16.6. The summed E-state index contributed by atoms with van der Waals surface area (Å²) in [5.41, 5.74) is 1.48. The number of amides is 1. The van der Waals surface area contributed by atoms with E-state index in [1.54, 1.807) is 4.90 Å². The molecule has 0 spiro atoms. The first-order valence-corrected chi connectivity index (χ1v) is 13.2. The first kappa shape index (κ1) is 24.9. The lowest BCUT2D eigenvalue weighted by Crippen LogP contribution is -2.39. The number of fused-ring (bicyclic) bond motifs is 1. The molecule has 34 heavy (non-hydrogen) atoms. The van der Waals surface area contributed by atoms with Gasteiger partial charge in [-0.05, 0) is 55.3 Å². The van der Waals surface area contributed by atoms with E-state index in [1.165, 1.54) is 11.3 Å². The maximum atomic E-state index is 13.6. The third kappa shape index (κ3) is 6.69. The average molecular weight is 502 g/mol. The van der Waals surface area contributed by atoms with Crippen molar-refractivity contribution in [3.8, 4) is 5.75 Å². The fraction of sp³-hybridized carbons (Fsp3) is 0.462. The van der Waals surface area contributed by atoms with Gasteiger partial charge in [-0.2, -0.15) is 0 Å². The quantitative estimate of drug-likeness (QED) is 0.307. The van der Waals surface area contributed by atoms with Crippen LogP contribution < -0.4 is 9.64 Å². The van der Waals surface area contributed by atoms with Crippen molar-refractivity contribution in [3.05, 3.63) is 53.1 Å². The van der Waals surface area contributed by atoms with Crippen molar-refractivity contribution in [2.24, 2.45) is 0 Å². The summed E-state index contributed by atoms with van der Waals surface area (Å²) in [7, 11) is 0. The number of benzene rings is 2. The number of anilines is 1. The number of carbonyl (C=O) groups is 1. The maximum absolute atomic E-state index is 13.6. The van der Waals surface area contributed by atoms with Crippen LogP contribution in [0.4, 0.5) is 5.13 Å². The normalized spacial score (nSPS) is 14.4. The molecule has 4 rings (SSSR count). The molecule has 1 aliphatic rings. The monoisotopic (exact) mass is 501 g/mol. The summed E-state index contributed by atoms with van der Waals surface area (Å²) in [6, 6.07) is 13.1. The van der Waals surface area contributed by atoms with Crippen LogP contribution in [0.3, 0.4) is 0 Å². The highest BCUT2D eigenvalue weighted by Gasteiger charge is 2.22. The number of ether oxygens (including phenoxy) is 2. The molecule has 1 saturated heterocycles. The van der Waals surface area contributed by atoms with E-state index in [-0.39, 0.29) is 5.91 Å². The molecule has 6 nitrogen and oxygen atoms in total. The van der Waals surface area contributed by atoms with Crippen LogP contribution in [0.5, 0.6) is 5.75 Å². The molecule has 0 atom stereocenters. The molecule has 0 unspecified atom stereocenters. The zero-order chi connectivity index (χ0) is 23.8. The lowest BCUT2D eigenvalue weighted by molar-refractivity contribution is 0.0376. The standard InChI is InChI=1S/C26H32ClN3O3S/c1-2-3-4-16-33-22-9-6-20(7-10-22)25(31)30(13-5-12-29-14-17-32-18-15-29)26-28-23-11-8-21(27)19-24(23)34-26/h6-11,19H,2-5,12-18H2,1H3. The number of aromatic nitrogens is 1. The Balaban J connectivity index is 1.48. The molecule has 3 aromatic rings. The number of halogens is 1. The van der Waals surface area contributed by atoms with Gasteiger partial charge >= 0.3 is 0 Å². The molecule has 2 heterocycles. The van der Waals surface area contributed by atoms with E-state index >= 15 is 0 Å². The third-order valence-corrected chi connectivity index (χ3v) is 7.17. The molecule has 8 heteroatoms. The highest BCUT2D eigenvalue weighted by molar-refractivity contribution is 7.22. The van der Waals surface area contributed by atoms with Crippen LogP contribution in [-0.4, -0.2) is 61.8 Å². The van der Waals surface area contributed by atoms with E-state index in [2.05, 4.69) is 11.8 Å². The number of carbonyl (C=O) groups excluding carboxylic acids is 1. The van der Waals surface area contributed by atoms with Gasteiger partial charge in [0.2, 0.25) is 0 Å². The summed E-state index contributed by atoms with van der Waals surface area (Å²) in [6.45, 7) is 7.81. The van der Waals surface area contributed by atoms with Crippen molar-refractivity contribution in [1.29, 1.82) is 0 Å². The lowest BCUT2D eigenvalue weighted by atomic mass is 10.2. The van der Waals surface area contributed by atoms with Gasteiger partial charge in [-0.3, -0.25) is 14.6 Å². The summed E-state index contributed by atoms with van der Waals surface area (Å²) in [6.07, 6.45) is 4.22. The number of hydrogen-bond acceptors (Lipinski definition) is 6. The maximum Gasteiger partial charge on any atom is 0.260 e. The zero-order valence-corrected chi connectivity index (χ0v) is 21.2. The number of morpholine rings is 1. The number of nitrogens with zero attached hydrogens (tertiary/aromatic N) is 3. The molecule has 1 amide bonds. The molecule has 1 aromatic heterocycles. The van der Waals surface area contributed by atoms with Crippen molar-refractivity contribution in [3.63, 3.8) is 0 Å². The van der Waals surface area contributed by atoms with Crippen LogP contribution in [0.1, 0.15) is 43.0 Å². The van der Waals surface area contributed by atoms with E-state index in [4.69, 9.17) is 26.1 Å². The van der Waals surface area contributed by atoms with E-state index in [0.717, 1.165) is 74.5 Å². The van der Waals surface area contributed by atoms with E-state index in [1.807, 2.05) is 42.5 Å². The van der Waals surface area contributed by atoms with Gasteiger partial charge in [-0.1, -0.05) is 42.7 Å². The number of hydrogen-bond donors (Lipinski definition) is 0. The molecule has 0 saturated carbocycles.